The van der Waals surface area contributed by atoms with Gasteiger partial charge >= 0.3 is 0 Å². The first-order chi connectivity index (χ1) is 10.2. The summed E-state index contributed by atoms with van der Waals surface area (Å²) >= 11 is 0. The Morgan fingerprint density at radius 1 is 1.19 bits per heavy atom. The predicted molar refractivity (Wildman–Crippen MR) is 87.3 cm³/mol. The Morgan fingerprint density at radius 2 is 1.95 bits per heavy atom. The Bertz CT molecular complexity index is 613. The predicted octanol–water partition coefficient (Wildman–Crippen LogP) is 2.95. The van der Waals surface area contributed by atoms with Gasteiger partial charge in [0.05, 0.1) is 12.7 Å². The highest BCUT2D eigenvalue weighted by Crippen LogP contribution is 2.28. The third kappa shape index (κ3) is 2.95. The number of ether oxygens (including phenoxy) is 1. The maximum Gasteiger partial charge on any atom is 0.0675 e. The minimum absolute atomic E-state index is 0.260. The number of hydrogen-bond acceptors (Lipinski definition) is 3. The van der Waals surface area contributed by atoms with Crippen LogP contribution in [0.1, 0.15) is 25.5 Å². The second-order valence-corrected chi connectivity index (χ2v) is 6.05. The van der Waals surface area contributed by atoms with Gasteiger partial charge < -0.3 is 10.5 Å². The first-order valence-electron chi connectivity index (χ1n) is 7.75. The second kappa shape index (κ2) is 6.14. The molecule has 1 aliphatic heterocycles. The molecule has 0 radical (unpaired) electrons. The van der Waals surface area contributed by atoms with Crippen LogP contribution in [0.3, 0.4) is 0 Å². The largest absolute Gasteiger partial charge is 0.376 e. The molecule has 21 heavy (non-hydrogen) atoms. The fourth-order valence-electron chi connectivity index (χ4n) is 3.24. The van der Waals surface area contributed by atoms with E-state index in [-0.39, 0.29) is 12.1 Å². The van der Waals surface area contributed by atoms with E-state index in [9.17, 15) is 0 Å². The van der Waals surface area contributed by atoms with Crippen molar-refractivity contribution >= 4 is 10.8 Å². The number of nitrogens with zero attached hydrogens (tertiary/aromatic N) is 1. The SMILES string of the molecule is CC1CN(C(CN)c2ccc3ccccc3c2)C(C)CO1. The van der Waals surface area contributed by atoms with E-state index in [4.69, 9.17) is 10.5 Å². The van der Waals surface area contributed by atoms with Gasteiger partial charge in [-0.3, -0.25) is 4.90 Å². The topological polar surface area (TPSA) is 38.5 Å². The molecule has 3 nitrogen and oxygen atoms in total. The van der Waals surface area contributed by atoms with Crippen molar-refractivity contribution in [2.45, 2.75) is 32.0 Å². The van der Waals surface area contributed by atoms with Crippen molar-refractivity contribution in [3.05, 3.63) is 48.0 Å². The zero-order chi connectivity index (χ0) is 14.8. The molecular formula is C18H24N2O. The van der Waals surface area contributed by atoms with E-state index in [1.165, 1.54) is 16.3 Å². The summed E-state index contributed by atoms with van der Waals surface area (Å²) < 4.78 is 5.74. The van der Waals surface area contributed by atoms with Crippen molar-refractivity contribution in [1.29, 1.82) is 0 Å². The molecule has 2 aromatic rings. The lowest BCUT2D eigenvalue weighted by Crippen LogP contribution is -2.50. The van der Waals surface area contributed by atoms with E-state index in [0.717, 1.165) is 13.2 Å². The molecule has 0 saturated carbocycles. The lowest BCUT2D eigenvalue weighted by molar-refractivity contribution is -0.0653. The summed E-state index contributed by atoms with van der Waals surface area (Å²) in [7, 11) is 0. The molecule has 1 heterocycles. The zero-order valence-corrected chi connectivity index (χ0v) is 12.8. The van der Waals surface area contributed by atoms with Gasteiger partial charge in [0.25, 0.3) is 0 Å². The molecule has 0 spiro atoms. The van der Waals surface area contributed by atoms with Crippen molar-refractivity contribution < 1.29 is 4.74 Å². The van der Waals surface area contributed by atoms with Gasteiger partial charge in [-0.15, -0.1) is 0 Å². The maximum absolute atomic E-state index is 6.10. The summed E-state index contributed by atoms with van der Waals surface area (Å²) in [6, 6.07) is 15.8. The Morgan fingerprint density at radius 3 is 2.71 bits per heavy atom. The quantitative estimate of drug-likeness (QED) is 0.942. The van der Waals surface area contributed by atoms with Crippen molar-refractivity contribution in [3.8, 4) is 0 Å². The summed E-state index contributed by atoms with van der Waals surface area (Å²) in [5.74, 6) is 0. The zero-order valence-electron chi connectivity index (χ0n) is 12.8. The van der Waals surface area contributed by atoms with Gasteiger partial charge in [-0.1, -0.05) is 36.4 Å². The van der Waals surface area contributed by atoms with Crippen LogP contribution in [-0.4, -0.2) is 36.7 Å². The van der Waals surface area contributed by atoms with Gasteiger partial charge in [-0.05, 0) is 36.2 Å². The van der Waals surface area contributed by atoms with Crippen molar-refractivity contribution in [2.24, 2.45) is 5.73 Å². The van der Waals surface area contributed by atoms with E-state index in [1.807, 2.05) is 0 Å². The molecule has 2 N–H and O–H groups in total. The Balaban J connectivity index is 1.93. The van der Waals surface area contributed by atoms with Gasteiger partial charge in [0, 0.05) is 25.2 Å². The number of fused-ring (bicyclic) bond motifs is 1. The number of benzene rings is 2. The number of hydrogen-bond donors (Lipinski definition) is 1. The smallest absolute Gasteiger partial charge is 0.0675 e. The Hall–Kier alpha value is -1.42. The monoisotopic (exact) mass is 284 g/mol. The van der Waals surface area contributed by atoms with Gasteiger partial charge in [0.2, 0.25) is 0 Å². The van der Waals surface area contributed by atoms with Gasteiger partial charge in [-0.25, -0.2) is 0 Å². The van der Waals surface area contributed by atoms with Crippen molar-refractivity contribution in [3.63, 3.8) is 0 Å². The van der Waals surface area contributed by atoms with Crippen LogP contribution in [-0.2, 0) is 4.74 Å². The molecular weight excluding hydrogens is 260 g/mol. The standard InChI is InChI=1S/C18H24N2O/c1-13-12-21-14(2)11-20(13)18(10-19)17-8-7-15-5-3-4-6-16(15)9-17/h3-9,13-14,18H,10-12,19H2,1-2H3. The molecule has 1 fully saturated rings. The van der Waals surface area contributed by atoms with Crippen LogP contribution in [0.5, 0.6) is 0 Å². The van der Waals surface area contributed by atoms with Crippen LogP contribution in [0.15, 0.2) is 42.5 Å². The third-order valence-corrected chi connectivity index (χ3v) is 4.44. The van der Waals surface area contributed by atoms with Crippen LogP contribution < -0.4 is 5.73 Å². The van der Waals surface area contributed by atoms with E-state index in [1.54, 1.807) is 0 Å². The first-order valence-corrected chi connectivity index (χ1v) is 7.75. The fraction of sp³-hybridized carbons (Fsp3) is 0.444. The first kappa shape index (κ1) is 14.5. The third-order valence-electron chi connectivity index (χ3n) is 4.44. The molecule has 1 saturated heterocycles. The molecule has 3 rings (SSSR count). The summed E-state index contributed by atoms with van der Waals surface area (Å²) in [6.45, 7) is 6.71. The lowest BCUT2D eigenvalue weighted by atomic mass is 9.98. The van der Waals surface area contributed by atoms with E-state index in [2.05, 4.69) is 61.2 Å². The Kier molecular flexibility index (Phi) is 4.24. The lowest BCUT2D eigenvalue weighted by Gasteiger charge is -2.41. The number of morpholine rings is 1. The second-order valence-electron chi connectivity index (χ2n) is 6.05. The molecule has 3 atom stereocenters. The normalized spacial score (nSPS) is 25.1. The fourth-order valence-corrected chi connectivity index (χ4v) is 3.24. The highest BCUT2D eigenvalue weighted by molar-refractivity contribution is 5.83. The molecule has 0 aromatic heterocycles. The van der Waals surface area contributed by atoms with E-state index < -0.39 is 0 Å². The molecule has 0 amide bonds. The van der Waals surface area contributed by atoms with Crippen LogP contribution in [0.2, 0.25) is 0 Å². The maximum atomic E-state index is 6.10. The number of rotatable bonds is 3. The van der Waals surface area contributed by atoms with Crippen LogP contribution in [0, 0.1) is 0 Å². The summed E-state index contributed by atoms with van der Waals surface area (Å²) in [6.07, 6.45) is 0.274. The molecule has 1 aliphatic rings. The summed E-state index contributed by atoms with van der Waals surface area (Å²) in [4.78, 5) is 2.48. The number of nitrogens with two attached hydrogens (primary N) is 1. The Labute approximate surface area is 126 Å². The van der Waals surface area contributed by atoms with Gasteiger partial charge in [0.15, 0.2) is 0 Å². The van der Waals surface area contributed by atoms with Crippen LogP contribution in [0.25, 0.3) is 10.8 Å². The molecule has 2 aromatic carbocycles. The highest BCUT2D eigenvalue weighted by Gasteiger charge is 2.29. The highest BCUT2D eigenvalue weighted by atomic mass is 16.5. The summed E-state index contributed by atoms with van der Waals surface area (Å²) in [5.41, 5.74) is 7.41. The molecule has 3 unspecified atom stereocenters. The van der Waals surface area contributed by atoms with E-state index in [0.29, 0.717) is 12.6 Å². The molecule has 0 bridgehead atoms. The minimum atomic E-state index is 0.260. The average Bonchev–Trinajstić information content (AvgIpc) is 2.51. The van der Waals surface area contributed by atoms with Crippen LogP contribution >= 0.6 is 0 Å². The summed E-state index contributed by atoms with van der Waals surface area (Å²) in [5, 5.41) is 2.56. The minimum Gasteiger partial charge on any atom is -0.376 e. The van der Waals surface area contributed by atoms with Gasteiger partial charge in [0.1, 0.15) is 0 Å². The molecule has 112 valence electrons. The average molecular weight is 284 g/mol. The van der Waals surface area contributed by atoms with Crippen LogP contribution in [0.4, 0.5) is 0 Å². The van der Waals surface area contributed by atoms with Gasteiger partial charge in [-0.2, -0.15) is 0 Å². The molecule has 0 aliphatic carbocycles. The van der Waals surface area contributed by atoms with Crippen molar-refractivity contribution in [1.82, 2.24) is 4.90 Å². The molecule has 3 heteroatoms. The van der Waals surface area contributed by atoms with Crippen molar-refractivity contribution in [2.75, 3.05) is 19.7 Å². The van der Waals surface area contributed by atoms with E-state index >= 15 is 0 Å².